The van der Waals surface area contributed by atoms with Crippen LogP contribution in [0.15, 0.2) is 42.9 Å². The number of alkyl halides is 9. The Hall–Kier alpha value is -4.24. The molecule has 4 heterocycles. The molecule has 2 aromatic rings. The van der Waals surface area contributed by atoms with Crippen molar-refractivity contribution < 1.29 is 83.4 Å². The van der Waals surface area contributed by atoms with Gasteiger partial charge in [-0.2, -0.15) is 39.5 Å². The molecular formula is C26H28F9N3O9. The fourth-order valence-corrected chi connectivity index (χ4v) is 3.92. The van der Waals surface area contributed by atoms with Gasteiger partial charge in [0.2, 0.25) is 5.88 Å². The average molecular weight is 698 g/mol. The molecule has 2 fully saturated rings. The van der Waals surface area contributed by atoms with E-state index in [4.69, 9.17) is 43.9 Å². The highest BCUT2D eigenvalue weighted by Gasteiger charge is 2.46. The van der Waals surface area contributed by atoms with E-state index in [-0.39, 0.29) is 11.7 Å². The number of carboxylic acids is 3. The van der Waals surface area contributed by atoms with Gasteiger partial charge in [0.1, 0.15) is 0 Å². The molecule has 264 valence electrons. The van der Waals surface area contributed by atoms with Crippen LogP contribution in [-0.2, 0) is 37.0 Å². The summed E-state index contributed by atoms with van der Waals surface area (Å²) >= 11 is 0. The van der Waals surface area contributed by atoms with Gasteiger partial charge >= 0.3 is 36.4 Å². The Kier molecular flexibility index (Phi) is 15.3. The third-order valence-corrected chi connectivity index (χ3v) is 5.97. The van der Waals surface area contributed by atoms with Crippen molar-refractivity contribution in [2.24, 2.45) is 0 Å². The molecule has 2 aliphatic rings. The van der Waals surface area contributed by atoms with Crippen LogP contribution in [0, 0.1) is 0 Å². The van der Waals surface area contributed by atoms with Gasteiger partial charge in [0.15, 0.2) is 0 Å². The summed E-state index contributed by atoms with van der Waals surface area (Å²) in [5.41, 5.74) is 2.20. The molecule has 1 spiro atoms. The van der Waals surface area contributed by atoms with Gasteiger partial charge < -0.3 is 29.5 Å². The Bertz CT molecular complexity index is 1240. The van der Waals surface area contributed by atoms with E-state index >= 15 is 0 Å². The number of aromatic nitrogens is 2. The number of ether oxygens (including phenoxy) is 3. The van der Waals surface area contributed by atoms with Crippen molar-refractivity contribution in [2.45, 2.75) is 56.2 Å². The quantitative estimate of drug-likeness (QED) is 0.366. The van der Waals surface area contributed by atoms with E-state index in [2.05, 4.69) is 20.9 Å². The monoisotopic (exact) mass is 697 g/mol. The molecule has 0 bridgehead atoms. The molecule has 2 atom stereocenters. The second-order valence-corrected chi connectivity index (χ2v) is 9.53. The molecule has 2 saturated heterocycles. The van der Waals surface area contributed by atoms with E-state index in [0.717, 1.165) is 43.6 Å². The first-order valence-electron chi connectivity index (χ1n) is 12.8. The molecule has 0 saturated carbocycles. The van der Waals surface area contributed by atoms with Gasteiger partial charge in [-0.1, -0.05) is 6.07 Å². The lowest BCUT2D eigenvalue weighted by Crippen LogP contribution is -2.33. The van der Waals surface area contributed by atoms with Crippen molar-refractivity contribution in [3.05, 3.63) is 54.0 Å². The number of nitrogens with zero attached hydrogens (tertiary/aromatic N) is 3. The van der Waals surface area contributed by atoms with Crippen molar-refractivity contribution in [1.82, 2.24) is 14.9 Å². The lowest BCUT2D eigenvalue weighted by Gasteiger charge is -2.23. The molecule has 0 aromatic carbocycles. The normalized spacial score (nSPS) is 19.3. The summed E-state index contributed by atoms with van der Waals surface area (Å²) < 4.78 is 113. The number of carboxylic acid groups (broad SMARTS) is 3. The summed E-state index contributed by atoms with van der Waals surface area (Å²) in [7, 11) is 1.67. The number of hydrogen-bond acceptors (Lipinski definition) is 9. The topological polar surface area (TPSA) is 169 Å². The predicted molar refractivity (Wildman–Crippen MR) is 138 cm³/mol. The summed E-state index contributed by atoms with van der Waals surface area (Å²) in [6, 6.07) is 8.01. The Morgan fingerprint density at radius 3 is 1.89 bits per heavy atom. The van der Waals surface area contributed by atoms with Crippen LogP contribution in [0.4, 0.5) is 39.5 Å². The third-order valence-electron chi connectivity index (χ3n) is 5.97. The summed E-state index contributed by atoms with van der Waals surface area (Å²) in [4.78, 5) is 37.4. The first-order valence-corrected chi connectivity index (χ1v) is 12.8. The Morgan fingerprint density at radius 2 is 1.43 bits per heavy atom. The maximum atomic E-state index is 10.6. The van der Waals surface area contributed by atoms with Crippen LogP contribution in [0.25, 0.3) is 0 Å². The van der Waals surface area contributed by atoms with Crippen LogP contribution >= 0.6 is 0 Å². The van der Waals surface area contributed by atoms with E-state index in [1.807, 2.05) is 18.2 Å². The first-order chi connectivity index (χ1) is 21.6. The van der Waals surface area contributed by atoms with Gasteiger partial charge in [-0.3, -0.25) is 9.88 Å². The molecule has 47 heavy (non-hydrogen) atoms. The van der Waals surface area contributed by atoms with Crippen LogP contribution in [0.3, 0.4) is 0 Å². The van der Waals surface area contributed by atoms with Crippen molar-refractivity contribution in [3.8, 4) is 5.88 Å². The van der Waals surface area contributed by atoms with Gasteiger partial charge in [-0.15, -0.1) is 0 Å². The molecule has 3 N–H and O–H groups in total. The summed E-state index contributed by atoms with van der Waals surface area (Å²) in [5.74, 6) is -7.56. The molecule has 12 nitrogen and oxygen atoms in total. The number of rotatable bonds is 6. The summed E-state index contributed by atoms with van der Waals surface area (Å²) in [6.07, 6.45) is -7.72. The third kappa shape index (κ3) is 15.3. The minimum Gasteiger partial charge on any atom is -0.481 e. The largest absolute Gasteiger partial charge is 0.490 e. The number of hydrogen-bond donors (Lipinski definition) is 3. The molecule has 0 amide bonds. The van der Waals surface area contributed by atoms with Gasteiger partial charge in [-0.05, 0) is 30.2 Å². The van der Waals surface area contributed by atoms with E-state index in [1.165, 1.54) is 0 Å². The molecule has 21 heteroatoms. The van der Waals surface area contributed by atoms with Crippen LogP contribution < -0.4 is 4.74 Å². The maximum Gasteiger partial charge on any atom is 0.490 e. The highest BCUT2D eigenvalue weighted by Crippen LogP contribution is 2.37. The molecule has 0 radical (unpaired) electrons. The van der Waals surface area contributed by atoms with Crippen LogP contribution in [-0.4, -0.2) is 105 Å². The van der Waals surface area contributed by atoms with Crippen LogP contribution in [0.2, 0.25) is 0 Å². The Labute approximate surface area is 259 Å². The maximum absolute atomic E-state index is 10.6. The highest BCUT2D eigenvalue weighted by atomic mass is 19.4. The zero-order chi connectivity index (χ0) is 36.1. The number of carbonyl (C=O) groups is 3. The van der Waals surface area contributed by atoms with E-state index in [0.29, 0.717) is 19.1 Å². The number of aliphatic carboxylic acids is 3. The minimum atomic E-state index is -5.08. The second kappa shape index (κ2) is 17.6. The van der Waals surface area contributed by atoms with Gasteiger partial charge in [-0.25, -0.2) is 19.4 Å². The second-order valence-electron chi connectivity index (χ2n) is 9.53. The van der Waals surface area contributed by atoms with E-state index in [1.54, 1.807) is 25.7 Å². The van der Waals surface area contributed by atoms with Crippen LogP contribution in [0.1, 0.15) is 24.0 Å². The fraction of sp³-hybridized carbons (Fsp3) is 0.500. The fourth-order valence-electron chi connectivity index (χ4n) is 3.92. The molecular weight excluding hydrogens is 669 g/mol. The number of methoxy groups -OCH3 is 1. The minimum absolute atomic E-state index is 0.0711. The standard InChI is InChI=1S/C20H25N3O3.3C2HF3O2/c1-24-19-17(3-2-7-22-19)12-23-10-6-20(15-23)11-18(14-26-20)25-13-16-4-8-21-9-5-16;3*3-2(4,5)1(6)7/h2-5,7-9,18H,6,10-15H2,1H3;3*(H,6,7)/t18-,20+;;;/m1.../s1. The van der Waals surface area contributed by atoms with E-state index in [9.17, 15) is 39.5 Å². The molecule has 0 aliphatic carbocycles. The van der Waals surface area contributed by atoms with Gasteiger partial charge in [0, 0.05) is 50.2 Å². The lowest BCUT2D eigenvalue weighted by molar-refractivity contribution is -0.193. The van der Waals surface area contributed by atoms with Gasteiger partial charge in [0.05, 0.1) is 32.0 Å². The zero-order valence-corrected chi connectivity index (χ0v) is 24.1. The Morgan fingerprint density at radius 1 is 0.915 bits per heavy atom. The van der Waals surface area contributed by atoms with Crippen LogP contribution in [0.5, 0.6) is 5.88 Å². The molecule has 0 unspecified atom stereocenters. The van der Waals surface area contributed by atoms with Crippen molar-refractivity contribution in [3.63, 3.8) is 0 Å². The van der Waals surface area contributed by atoms with Crippen molar-refractivity contribution >= 4 is 17.9 Å². The van der Waals surface area contributed by atoms with Crippen molar-refractivity contribution in [2.75, 3.05) is 26.8 Å². The zero-order valence-electron chi connectivity index (χ0n) is 24.1. The first kappa shape index (κ1) is 40.8. The van der Waals surface area contributed by atoms with Crippen molar-refractivity contribution in [1.29, 1.82) is 0 Å². The summed E-state index contributed by atoms with van der Waals surface area (Å²) in [6.45, 7) is 4.08. The SMILES string of the molecule is COc1ncccc1CN1CC[C@]2(C[C@@H](OCc3ccncc3)CO2)C1.O=C(O)C(F)(F)F.O=C(O)C(F)(F)F.O=C(O)C(F)(F)F. The average Bonchev–Trinajstić information content (AvgIpc) is 3.57. The number of likely N-dealkylation sites (tertiary alicyclic amines) is 1. The highest BCUT2D eigenvalue weighted by molar-refractivity contribution is 5.73. The summed E-state index contributed by atoms with van der Waals surface area (Å²) in [5, 5.41) is 21.4. The number of halogens is 9. The van der Waals surface area contributed by atoms with E-state index < -0.39 is 36.4 Å². The van der Waals surface area contributed by atoms with Gasteiger partial charge in [0.25, 0.3) is 0 Å². The smallest absolute Gasteiger partial charge is 0.481 e. The molecule has 2 aliphatic heterocycles. The molecule has 2 aromatic heterocycles. The lowest BCUT2D eigenvalue weighted by atomic mass is 9.98. The Balaban J connectivity index is 0.000000430. The molecule has 4 rings (SSSR count). The predicted octanol–water partition coefficient (Wildman–Crippen LogP) is 4.34. The number of pyridine rings is 2.